The zero-order valence-electron chi connectivity index (χ0n) is 8.75. The third-order valence-corrected chi connectivity index (χ3v) is 3.18. The molecule has 4 heteroatoms. The molecule has 3 nitrogen and oxygen atoms in total. The minimum Gasteiger partial charge on any atom is -0.298 e. The van der Waals surface area contributed by atoms with Crippen LogP contribution in [0, 0.1) is 6.92 Å². The number of hydrogen-bond donors (Lipinski definition) is 0. The molecule has 0 unspecified atom stereocenters. The second-order valence-electron chi connectivity index (χ2n) is 3.29. The van der Waals surface area contributed by atoms with Crippen molar-refractivity contribution in [2.75, 3.05) is 0 Å². The minimum absolute atomic E-state index is 0.608. The molecular formula is C12H10N2OS. The molecule has 0 aliphatic carbocycles. The second-order valence-corrected chi connectivity index (χ2v) is 4.36. The Labute approximate surface area is 97.9 Å². The highest BCUT2D eigenvalue weighted by atomic mass is 32.2. The predicted octanol–water partition coefficient (Wildman–Crippen LogP) is 2.75. The van der Waals surface area contributed by atoms with Gasteiger partial charge in [-0.05, 0) is 30.7 Å². The number of carbonyl (C=O) groups excluding carboxylic acids is 1. The van der Waals surface area contributed by atoms with Crippen molar-refractivity contribution in [3.8, 4) is 0 Å². The average Bonchev–Trinajstić information content (AvgIpc) is 2.33. The summed E-state index contributed by atoms with van der Waals surface area (Å²) in [6, 6.07) is 5.70. The minimum atomic E-state index is 0.608. The lowest BCUT2D eigenvalue weighted by Crippen LogP contribution is -1.89. The molecule has 0 atom stereocenters. The lowest BCUT2D eigenvalue weighted by atomic mass is 10.2. The normalized spacial score (nSPS) is 10.1. The van der Waals surface area contributed by atoms with Crippen molar-refractivity contribution < 1.29 is 4.79 Å². The van der Waals surface area contributed by atoms with Gasteiger partial charge >= 0.3 is 0 Å². The molecule has 2 aromatic heterocycles. The van der Waals surface area contributed by atoms with Crippen molar-refractivity contribution in [2.45, 2.75) is 16.8 Å². The molecular weight excluding hydrogens is 220 g/mol. The molecule has 0 fully saturated rings. The summed E-state index contributed by atoms with van der Waals surface area (Å²) >= 11 is 1.57. The van der Waals surface area contributed by atoms with E-state index in [0.717, 1.165) is 21.8 Å². The standard InChI is InChI=1S/C12H10N2OS/c1-9-6-10(8-15)7-14-12(9)16-11-2-4-13-5-3-11/h2-8H,1H3. The fourth-order valence-corrected chi connectivity index (χ4v) is 2.08. The first-order valence-electron chi connectivity index (χ1n) is 4.79. The number of rotatable bonds is 3. The average molecular weight is 230 g/mol. The molecule has 0 aromatic carbocycles. The molecule has 2 rings (SSSR count). The van der Waals surface area contributed by atoms with Crippen LogP contribution in [0.2, 0.25) is 0 Å². The summed E-state index contributed by atoms with van der Waals surface area (Å²) in [5, 5.41) is 0.914. The van der Waals surface area contributed by atoms with E-state index in [2.05, 4.69) is 9.97 Å². The van der Waals surface area contributed by atoms with Crippen LogP contribution < -0.4 is 0 Å². The predicted molar refractivity (Wildman–Crippen MR) is 62.7 cm³/mol. The first kappa shape index (κ1) is 10.8. The van der Waals surface area contributed by atoms with Crippen LogP contribution in [0.1, 0.15) is 15.9 Å². The van der Waals surface area contributed by atoms with E-state index in [1.807, 2.05) is 25.1 Å². The van der Waals surface area contributed by atoms with E-state index in [1.165, 1.54) is 0 Å². The molecule has 0 amide bonds. The Hall–Kier alpha value is -1.68. The Morgan fingerprint density at radius 1 is 1.31 bits per heavy atom. The molecule has 2 aromatic rings. The number of carbonyl (C=O) groups is 1. The molecule has 2 heterocycles. The van der Waals surface area contributed by atoms with Crippen LogP contribution in [0.15, 0.2) is 46.7 Å². The Morgan fingerprint density at radius 2 is 2.06 bits per heavy atom. The smallest absolute Gasteiger partial charge is 0.151 e. The first-order valence-corrected chi connectivity index (χ1v) is 5.61. The van der Waals surface area contributed by atoms with Crippen LogP contribution in [-0.4, -0.2) is 16.3 Å². The van der Waals surface area contributed by atoms with E-state index >= 15 is 0 Å². The maximum Gasteiger partial charge on any atom is 0.151 e. The number of nitrogens with zero attached hydrogens (tertiary/aromatic N) is 2. The Kier molecular flexibility index (Phi) is 3.31. The van der Waals surface area contributed by atoms with Gasteiger partial charge < -0.3 is 0 Å². The van der Waals surface area contributed by atoms with Crippen molar-refractivity contribution in [1.29, 1.82) is 0 Å². The number of aldehydes is 1. The van der Waals surface area contributed by atoms with E-state index in [-0.39, 0.29) is 0 Å². The molecule has 0 radical (unpaired) electrons. The lowest BCUT2D eigenvalue weighted by molar-refractivity contribution is 0.112. The Morgan fingerprint density at radius 3 is 2.69 bits per heavy atom. The summed E-state index contributed by atoms with van der Waals surface area (Å²) in [4.78, 5) is 19.9. The van der Waals surface area contributed by atoms with Crippen LogP contribution in [0.3, 0.4) is 0 Å². The van der Waals surface area contributed by atoms with Crippen molar-refractivity contribution in [3.05, 3.63) is 47.9 Å². The van der Waals surface area contributed by atoms with Gasteiger partial charge in [0.25, 0.3) is 0 Å². The van der Waals surface area contributed by atoms with Crippen molar-refractivity contribution in [1.82, 2.24) is 9.97 Å². The lowest BCUT2D eigenvalue weighted by Gasteiger charge is -2.04. The summed E-state index contributed by atoms with van der Waals surface area (Å²) in [5.41, 5.74) is 1.61. The van der Waals surface area contributed by atoms with Gasteiger partial charge in [0.2, 0.25) is 0 Å². The molecule has 0 saturated heterocycles. The fraction of sp³-hybridized carbons (Fsp3) is 0.0833. The SMILES string of the molecule is Cc1cc(C=O)cnc1Sc1ccncc1. The maximum atomic E-state index is 10.6. The van der Waals surface area contributed by atoms with Crippen LogP contribution in [0.4, 0.5) is 0 Å². The van der Waals surface area contributed by atoms with Crippen molar-refractivity contribution in [2.24, 2.45) is 0 Å². The molecule has 80 valence electrons. The van der Waals surface area contributed by atoms with Gasteiger partial charge in [0.05, 0.1) is 0 Å². The third-order valence-electron chi connectivity index (χ3n) is 2.05. The summed E-state index contributed by atoms with van der Waals surface area (Å²) < 4.78 is 0. The van der Waals surface area contributed by atoms with Gasteiger partial charge in [-0.1, -0.05) is 11.8 Å². The Balaban J connectivity index is 2.25. The molecule has 0 bridgehead atoms. The number of pyridine rings is 2. The topological polar surface area (TPSA) is 42.9 Å². The second kappa shape index (κ2) is 4.90. The zero-order valence-corrected chi connectivity index (χ0v) is 9.57. The molecule has 0 saturated carbocycles. The van der Waals surface area contributed by atoms with Gasteiger partial charge in [-0.3, -0.25) is 9.78 Å². The van der Waals surface area contributed by atoms with Gasteiger partial charge in [0.15, 0.2) is 6.29 Å². The van der Waals surface area contributed by atoms with Crippen LogP contribution in [0.25, 0.3) is 0 Å². The Bertz CT molecular complexity index is 500. The van der Waals surface area contributed by atoms with E-state index < -0.39 is 0 Å². The highest BCUT2D eigenvalue weighted by molar-refractivity contribution is 7.99. The van der Waals surface area contributed by atoms with E-state index in [1.54, 1.807) is 30.4 Å². The largest absolute Gasteiger partial charge is 0.298 e. The third kappa shape index (κ3) is 2.46. The van der Waals surface area contributed by atoms with Gasteiger partial charge in [-0.15, -0.1) is 0 Å². The van der Waals surface area contributed by atoms with Crippen molar-refractivity contribution >= 4 is 18.0 Å². The van der Waals surface area contributed by atoms with Crippen LogP contribution in [-0.2, 0) is 0 Å². The van der Waals surface area contributed by atoms with E-state index in [9.17, 15) is 4.79 Å². The van der Waals surface area contributed by atoms with Gasteiger partial charge in [0.1, 0.15) is 5.03 Å². The molecule has 0 aliphatic rings. The summed E-state index contributed by atoms with van der Waals surface area (Å²) in [6.45, 7) is 1.95. The molecule has 0 N–H and O–H groups in total. The summed E-state index contributed by atoms with van der Waals surface area (Å²) in [5.74, 6) is 0. The highest BCUT2D eigenvalue weighted by Gasteiger charge is 2.03. The van der Waals surface area contributed by atoms with E-state index in [4.69, 9.17) is 0 Å². The summed E-state index contributed by atoms with van der Waals surface area (Å²) in [7, 11) is 0. The quantitative estimate of drug-likeness (QED) is 0.760. The zero-order chi connectivity index (χ0) is 11.4. The van der Waals surface area contributed by atoms with Gasteiger partial charge in [-0.2, -0.15) is 0 Å². The monoisotopic (exact) mass is 230 g/mol. The molecule has 0 spiro atoms. The number of hydrogen-bond acceptors (Lipinski definition) is 4. The first-order chi connectivity index (χ1) is 7.79. The van der Waals surface area contributed by atoms with Gasteiger partial charge in [0, 0.05) is 29.0 Å². The van der Waals surface area contributed by atoms with Crippen LogP contribution in [0.5, 0.6) is 0 Å². The highest BCUT2D eigenvalue weighted by Crippen LogP contribution is 2.27. The van der Waals surface area contributed by atoms with E-state index in [0.29, 0.717) is 5.56 Å². The number of aryl methyl sites for hydroxylation is 1. The summed E-state index contributed by atoms with van der Waals surface area (Å²) in [6.07, 6.45) is 5.89. The maximum absolute atomic E-state index is 10.6. The van der Waals surface area contributed by atoms with Crippen LogP contribution >= 0.6 is 11.8 Å². The fourth-order valence-electron chi connectivity index (χ4n) is 1.27. The van der Waals surface area contributed by atoms with Crippen molar-refractivity contribution in [3.63, 3.8) is 0 Å². The molecule has 16 heavy (non-hydrogen) atoms. The molecule has 0 aliphatic heterocycles. The van der Waals surface area contributed by atoms with Gasteiger partial charge in [-0.25, -0.2) is 4.98 Å². The number of aromatic nitrogens is 2.